The molecule has 25 heavy (non-hydrogen) atoms. The van der Waals surface area contributed by atoms with Crippen molar-refractivity contribution >= 4 is 11.9 Å². The van der Waals surface area contributed by atoms with E-state index in [1.807, 2.05) is 36.4 Å². The summed E-state index contributed by atoms with van der Waals surface area (Å²) in [5, 5.41) is 0. The van der Waals surface area contributed by atoms with E-state index in [-0.39, 0.29) is 5.92 Å². The van der Waals surface area contributed by atoms with Gasteiger partial charge in [0.25, 0.3) is 0 Å². The third-order valence-corrected chi connectivity index (χ3v) is 4.30. The van der Waals surface area contributed by atoms with Crippen LogP contribution < -0.4 is 0 Å². The smallest absolute Gasteiger partial charge is 0.136 e. The number of hydrogen-bond acceptors (Lipinski definition) is 1. The number of ketones is 1. The number of benzene rings is 2. The Morgan fingerprint density at radius 1 is 0.920 bits per heavy atom. The van der Waals surface area contributed by atoms with Crippen LogP contribution in [-0.4, -0.2) is 5.78 Å². The predicted octanol–water partition coefficient (Wildman–Crippen LogP) is 6.26. The maximum absolute atomic E-state index is 12.7. The maximum Gasteiger partial charge on any atom is 0.136 e. The highest BCUT2D eigenvalue weighted by Crippen LogP contribution is 2.18. The van der Waals surface area contributed by atoms with Crippen LogP contribution in [0.4, 0.5) is 0 Å². The molecule has 0 fully saturated rings. The van der Waals surface area contributed by atoms with Gasteiger partial charge in [-0.05, 0) is 44.2 Å². The quantitative estimate of drug-likeness (QED) is 0.495. The highest BCUT2D eigenvalue weighted by atomic mass is 16.1. The summed E-state index contributed by atoms with van der Waals surface area (Å²) >= 11 is 0. The van der Waals surface area contributed by atoms with Gasteiger partial charge in [-0.1, -0.05) is 84.5 Å². The van der Waals surface area contributed by atoms with Crippen LogP contribution in [0.3, 0.4) is 0 Å². The summed E-state index contributed by atoms with van der Waals surface area (Å²) in [6, 6.07) is 20.5. The van der Waals surface area contributed by atoms with Gasteiger partial charge in [0.05, 0.1) is 0 Å². The highest BCUT2D eigenvalue weighted by molar-refractivity contribution is 5.81. The summed E-state index contributed by atoms with van der Waals surface area (Å²) in [4.78, 5) is 12.7. The van der Waals surface area contributed by atoms with Gasteiger partial charge < -0.3 is 0 Å². The molecular formula is C24H28O. The standard InChI is InChI=1S/C24H28O/c1-20(2)16-18-23(15-9-14-21-10-5-3-6-11-21)24(25)19-17-22-12-7-4-8-13-22/h3-14,16,23H,15,17-19H2,1-2H3. The molecule has 0 aliphatic heterocycles. The minimum Gasteiger partial charge on any atom is -0.299 e. The lowest BCUT2D eigenvalue weighted by atomic mass is 9.91. The van der Waals surface area contributed by atoms with Gasteiger partial charge in [-0.3, -0.25) is 4.79 Å². The average Bonchev–Trinajstić information content (AvgIpc) is 2.64. The minimum atomic E-state index is 0.0681. The molecule has 0 saturated heterocycles. The molecule has 2 aromatic carbocycles. The summed E-state index contributed by atoms with van der Waals surface area (Å²) in [7, 11) is 0. The molecule has 0 aromatic heterocycles. The average molecular weight is 332 g/mol. The third kappa shape index (κ3) is 7.34. The fourth-order valence-corrected chi connectivity index (χ4v) is 2.79. The molecule has 1 unspecified atom stereocenters. The van der Waals surface area contributed by atoms with Gasteiger partial charge in [0.1, 0.15) is 5.78 Å². The number of rotatable bonds is 9. The largest absolute Gasteiger partial charge is 0.299 e. The van der Waals surface area contributed by atoms with E-state index in [2.05, 4.69) is 56.3 Å². The van der Waals surface area contributed by atoms with Crippen LogP contribution in [0, 0.1) is 5.92 Å². The lowest BCUT2D eigenvalue weighted by molar-refractivity contribution is -0.122. The van der Waals surface area contributed by atoms with Gasteiger partial charge in [-0.2, -0.15) is 0 Å². The number of Topliss-reactive ketones (excluding diaryl/α,β-unsaturated/α-hetero) is 1. The van der Waals surface area contributed by atoms with Gasteiger partial charge in [0, 0.05) is 12.3 Å². The predicted molar refractivity (Wildman–Crippen MR) is 107 cm³/mol. The SMILES string of the molecule is CC(C)=CCC(CC=Cc1ccccc1)C(=O)CCc1ccccc1. The number of carbonyl (C=O) groups excluding carboxylic acids is 1. The number of carbonyl (C=O) groups is 1. The molecule has 0 saturated carbocycles. The Labute approximate surface area is 152 Å². The molecule has 0 bridgehead atoms. The molecule has 0 heterocycles. The Morgan fingerprint density at radius 2 is 1.56 bits per heavy atom. The van der Waals surface area contributed by atoms with E-state index in [1.165, 1.54) is 16.7 Å². The summed E-state index contributed by atoms with van der Waals surface area (Å²) in [5.74, 6) is 0.428. The summed E-state index contributed by atoms with van der Waals surface area (Å²) in [6.45, 7) is 4.18. The van der Waals surface area contributed by atoms with E-state index in [0.717, 1.165) is 19.3 Å². The van der Waals surface area contributed by atoms with E-state index in [1.54, 1.807) is 0 Å². The summed E-state index contributed by atoms with van der Waals surface area (Å²) < 4.78 is 0. The van der Waals surface area contributed by atoms with Crippen molar-refractivity contribution in [3.8, 4) is 0 Å². The lowest BCUT2D eigenvalue weighted by Crippen LogP contribution is -2.14. The third-order valence-electron chi connectivity index (χ3n) is 4.30. The van der Waals surface area contributed by atoms with Crippen molar-refractivity contribution in [1.29, 1.82) is 0 Å². The van der Waals surface area contributed by atoms with Crippen LogP contribution in [0.15, 0.2) is 78.4 Å². The Hall–Kier alpha value is -2.41. The van der Waals surface area contributed by atoms with Gasteiger partial charge in [0.15, 0.2) is 0 Å². The zero-order valence-electron chi connectivity index (χ0n) is 15.3. The molecule has 0 spiro atoms. The molecule has 1 nitrogen and oxygen atoms in total. The van der Waals surface area contributed by atoms with Crippen molar-refractivity contribution in [1.82, 2.24) is 0 Å². The molecular weight excluding hydrogens is 304 g/mol. The molecule has 0 aliphatic rings. The Morgan fingerprint density at radius 3 is 2.20 bits per heavy atom. The van der Waals surface area contributed by atoms with Crippen LogP contribution in [0.2, 0.25) is 0 Å². The van der Waals surface area contributed by atoms with Gasteiger partial charge in [-0.15, -0.1) is 0 Å². The second kappa shape index (κ2) is 10.5. The summed E-state index contributed by atoms with van der Waals surface area (Å²) in [5.41, 5.74) is 3.68. The van der Waals surface area contributed by atoms with Gasteiger partial charge in [0.2, 0.25) is 0 Å². The van der Waals surface area contributed by atoms with Crippen LogP contribution >= 0.6 is 0 Å². The Kier molecular flexibility index (Phi) is 7.91. The normalized spacial score (nSPS) is 12.1. The highest BCUT2D eigenvalue weighted by Gasteiger charge is 2.15. The van der Waals surface area contributed by atoms with Crippen molar-refractivity contribution < 1.29 is 4.79 Å². The van der Waals surface area contributed by atoms with Crippen molar-refractivity contribution in [3.63, 3.8) is 0 Å². The molecule has 0 N–H and O–H groups in total. The van der Waals surface area contributed by atoms with Crippen molar-refractivity contribution in [2.75, 3.05) is 0 Å². The first kappa shape index (κ1) is 18.9. The van der Waals surface area contributed by atoms with Crippen LogP contribution in [-0.2, 0) is 11.2 Å². The minimum absolute atomic E-state index is 0.0681. The first-order valence-electron chi connectivity index (χ1n) is 9.06. The van der Waals surface area contributed by atoms with Gasteiger partial charge in [-0.25, -0.2) is 0 Å². The molecule has 2 aromatic rings. The van der Waals surface area contributed by atoms with Crippen molar-refractivity contribution in [3.05, 3.63) is 89.5 Å². The lowest BCUT2D eigenvalue weighted by Gasteiger charge is -2.12. The monoisotopic (exact) mass is 332 g/mol. The van der Waals surface area contributed by atoms with Crippen LogP contribution in [0.25, 0.3) is 6.08 Å². The zero-order valence-corrected chi connectivity index (χ0v) is 15.3. The number of aryl methyl sites for hydroxylation is 1. The molecule has 2 rings (SSSR count). The fraction of sp³-hybridized carbons (Fsp3) is 0.292. The Balaban J connectivity index is 1.95. The molecule has 130 valence electrons. The van der Waals surface area contributed by atoms with Crippen molar-refractivity contribution in [2.45, 2.75) is 39.5 Å². The van der Waals surface area contributed by atoms with Crippen LogP contribution in [0.1, 0.15) is 44.2 Å². The summed E-state index contributed by atoms with van der Waals surface area (Å²) in [6.07, 6.45) is 9.50. The molecule has 0 amide bonds. The molecule has 0 aliphatic carbocycles. The van der Waals surface area contributed by atoms with Crippen LogP contribution in [0.5, 0.6) is 0 Å². The van der Waals surface area contributed by atoms with E-state index in [0.29, 0.717) is 12.2 Å². The second-order valence-corrected chi connectivity index (χ2v) is 6.71. The van der Waals surface area contributed by atoms with E-state index >= 15 is 0 Å². The maximum atomic E-state index is 12.7. The first-order chi connectivity index (χ1) is 12.1. The fourth-order valence-electron chi connectivity index (χ4n) is 2.79. The number of allylic oxidation sites excluding steroid dienone is 3. The zero-order chi connectivity index (χ0) is 17.9. The Bertz CT molecular complexity index is 691. The first-order valence-corrected chi connectivity index (χ1v) is 9.06. The molecule has 1 atom stereocenters. The van der Waals surface area contributed by atoms with Crippen molar-refractivity contribution in [2.24, 2.45) is 5.92 Å². The second-order valence-electron chi connectivity index (χ2n) is 6.71. The topological polar surface area (TPSA) is 17.1 Å². The molecule has 0 radical (unpaired) electrons. The molecule has 1 heteroatoms. The number of hydrogen-bond donors (Lipinski definition) is 0. The van der Waals surface area contributed by atoms with Gasteiger partial charge >= 0.3 is 0 Å². The van der Waals surface area contributed by atoms with E-state index in [9.17, 15) is 4.79 Å². The van der Waals surface area contributed by atoms with E-state index < -0.39 is 0 Å². The van der Waals surface area contributed by atoms with E-state index in [4.69, 9.17) is 0 Å².